The van der Waals surface area contributed by atoms with E-state index in [-0.39, 0.29) is 17.9 Å². The number of aliphatic hydroxyl groups is 4. The molecule has 1 fully saturated rings. The maximum absolute atomic E-state index is 12.1. The van der Waals surface area contributed by atoms with Gasteiger partial charge in [0.2, 0.25) is 6.29 Å². The molecule has 0 aromatic heterocycles. The van der Waals surface area contributed by atoms with E-state index in [1.807, 2.05) is 0 Å². The van der Waals surface area contributed by atoms with Crippen molar-refractivity contribution in [2.24, 2.45) is 11.8 Å². The summed E-state index contributed by atoms with van der Waals surface area (Å²) in [7, 11) is 0. The van der Waals surface area contributed by atoms with Gasteiger partial charge in [-0.3, -0.25) is 0 Å². The maximum Gasteiger partial charge on any atom is 0.335 e. The first-order chi connectivity index (χ1) is 17.7. The summed E-state index contributed by atoms with van der Waals surface area (Å²) in [6.45, 7) is -0.838. The van der Waals surface area contributed by atoms with Crippen molar-refractivity contribution in [2.75, 3.05) is 13.2 Å². The highest BCUT2D eigenvalue weighted by Gasteiger charge is 2.49. The molecule has 0 spiro atoms. The number of aromatic hydroxyl groups is 1. The fourth-order valence-electron chi connectivity index (χ4n) is 4.57. The SMILES string of the molecule is O=C(/C=C/c1ccc(O)cc1)OC[C@H]1O[C@@H](O[C@@H]2OC=C(C(=O)O)[C@@H]3CC=C(CO)[C@H]23)[C@H](O)[C@@H](O)[C@@H]1O. The Morgan fingerprint density at radius 2 is 1.78 bits per heavy atom. The summed E-state index contributed by atoms with van der Waals surface area (Å²) in [6, 6.07) is 6.07. The predicted molar refractivity (Wildman–Crippen MR) is 123 cm³/mol. The van der Waals surface area contributed by atoms with E-state index in [1.54, 1.807) is 18.2 Å². The minimum atomic E-state index is -1.71. The van der Waals surface area contributed by atoms with Gasteiger partial charge < -0.3 is 49.6 Å². The van der Waals surface area contributed by atoms with Crippen LogP contribution in [0.2, 0.25) is 0 Å². The van der Waals surface area contributed by atoms with E-state index in [9.17, 15) is 40.2 Å². The number of ether oxygens (including phenoxy) is 4. The summed E-state index contributed by atoms with van der Waals surface area (Å²) in [6.07, 6.45) is -3.31. The van der Waals surface area contributed by atoms with Gasteiger partial charge in [-0.1, -0.05) is 18.2 Å². The number of carboxylic acids is 1. The normalized spacial score (nSPS) is 33.3. The molecule has 2 aliphatic heterocycles. The topological polar surface area (TPSA) is 192 Å². The van der Waals surface area contributed by atoms with Crippen LogP contribution < -0.4 is 0 Å². The largest absolute Gasteiger partial charge is 0.508 e. The summed E-state index contributed by atoms with van der Waals surface area (Å²) in [5, 5.41) is 59.6. The van der Waals surface area contributed by atoms with E-state index >= 15 is 0 Å². The van der Waals surface area contributed by atoms with Crippen molar-refractivity contribution in [3.8, 4) is 5.75 Å². The number of phenols is 1. The van der Waals surface area contributed by atoms with Gasteiger partial charge in [0.25, 0.3) is 0 Å². The Hall–Kier alpha value is -3.26. The second-order valence-corrected chi connectivity index (χ2v) is 8.89. The zero-order chi connectivity index (χ0) is 26.7. The molecule has 1 aromatic carbocycles. The van der Waals surface area contributed by atoms with Crippen molar-refractivity contribution >= 4 is 18.0 Å². The first-order valence-corrected chi connectivity index (χ1v) is 11.6. The molecule has 12 nitrogen and oxygen atoms in total. The highest BCUT2D eigenvalue weighted by atomic mass is 16.8. The molecule has 200 valence electrons. The van der Waals surface area contributed by atoms with Crippen molar-refractivity contribution in [3.05, 3.63) is 59.4 Å². The zero-order valence-corrected chi connectivity index (χ0v) is 19.5. The molecule has 6 N–H and O–H groups in total. The Kier molecular flexibility index (Phi) is 8.27. The third kappa shape index (κ3) is 5.85. The third-order valence-corrected chi connectivity index (χ3v) is 6.58. The lowest BCUT2D eigenvalue weighted by atomic mass is 9.83. The van der Waals surface area contributed by atoms with Gasteiger partial charge in [-0.05, 0) is 35.8 Å². The lowest BCUT2D eigenvalue weighted by molar-refractivity contribution is -0.339. The monoisotopic (exact) mass is 520 g/mol. The lowest BCUT2D eigenvalue weighted by Gasteiger charge is -2.43. The smallest absolute Gasteiger partial charge is 0.335 e. The van der Waals surface area contributed by atoms with Crippen LogP contribution in [0.25, 0.3) is 6.08 Å². The van der Waals surface area contributed by atoms with E-state index in [0.717, 1.165) is 12.3 Å². The molecule has 0 unspecified atom stereocenters. The number of fused-ring (bicyclic) bond motifs is 1. The molecule has 0 saturated carbocycles. The van der Waals surface area contributed by atoms with Crippen LogP contribution in [0.15, 0.2) is 53.8 Å². The number of aliphatic hydroxyl groups excluding tert-OH is 4. The predicted octanol–water partition coefficient (Wildman–Crippen LogP) is -0.348. The zero-order valence-electron chi connectivity index (χ0n) is 19.5. The molecular weight excluding hydrogens is 492 g/mol. The Bertz CT molecular complexity index is 1080. The number of benzene rings is 1. The highest BCUT2D eigenvalue weighted by Crippen LogP contribution is 2.44. The maximum atomic E-state index is 12.1. The summed E-state index contributed by atoms with van der Waals surface area (Å²) in [5.41, 5.74) is 1.14. The Morgan fingerprint density at radius 1 is 1.05 bits per heavy atom. The van der Waals surface area contributed by atoms with Gasteiger partial charge in [-0.25, -0.2) is 9.59 Å². The molecule has 1 aliphatic carbocycles. The molecule has 1 saturated heterocycles. The minimum Gasteiger partial charge on any atom is -0.508 e. The third-order valence-electron chi connectivity index (χ3n) is 6.58. The Morgan fingerprint density at radius 3 is 2.46 bits per heavy atom. The second kappa shape index (κ2) is 11.4. The van der Waals surface area contributed by atoms with E-state index in [2.05, 4.69) is 0 Å². The molecule has 3 aliphatic rings. The van der Waals surface area contributed by atoms with Gasteiger partial charge >= 0.3 is 11.9 Å². The molecule has 1 aromatic rings. The van der Waals surface area contributed by atoms with Crippen molar-refractivity contribution in [1.29, 1.82) is 0 Å². The van der Waals surface area contributed by atoms with E-state index in [4.69, 9.17) is 18.9 Å². The van der Waals surface area contributed by atoms with Crippen molar-refractivity contribution in [3.63, 3.8) is 0 Å². The van der Waals surface area contributed by atoms with E-state index < -0.39 is 67.4 Å². The van der Waals surface area contributed by atoms with Crippen LogP contribution in [0.5, 0.6) is 5.75 Å². The van der Waals surface area contributed by atoms with Crippen molar-refractivity contribution < 1.29 is 59.2 Å². The molecule has 2 heterocycles. The van der Waals surface area contributed by atoms with Gasteiger partial charge in [0.1, 0.15) is 36.8 Å². The van der Waals surface area contributed by atoms with Gasteiger partial charge in [-0.2, -0.15) is 0 Å². The molecule has 4 rings (SSSR count). The quantitative estimate of drug-likeness (QED) is 0.149. The number of phenolic OH excluding ortho intramolecular Hbond substituents is 1. The number of esters is 1. The molecule has 37 heavy (non-hydrogen) atoms. The number of hydrogen-bond donors (Lipinski definition) is 6. The molecule has 0 amide bonds. The number of carbonyl (C=O) groups is 2. The number of carboxylic acid groups (broad SMARTS) is 1. The summed E-state index contributed by atoms with van der Waals surface area (Å²) in [4.78, 5) is 23.7. The van der Waals surface area contributed by atoms with Crippen LogP contribution in [0.3, 0.4) is 0 Å². The first-order valence-electron chi connectivity index (χ1n) is 11.6. The lowest BCUT2D eigenvalue weighted by Crippen LogP contribution is -2.60. The van der Waals surface area contributed by atoms with Crippen LogP contribution >= 0.6 is 0 Å². The average Bonchev–Trinajstić information content (AvgIpc) is 3.32. The van der Waals surface area contributed by atoms with Crippen LogP contribution in [-0.2, 0) is 28.5 Å². The number of aliphatic carboxylic acids is 1. The van der Waals surface area contributed by atoms with Crippen LogP contribution in [-0.4, -0.2) is 92.8 Å². The number of allylic oxidation sites excluding steroid dienone is 1. The fraction of sp³-hybridized carbons (Fsp3) is 0.440. The van der Waals surface area contributed by atoms with Crippen molar-refractivity contribution in [1.82, 2.24) is 0 Å². The average molecular weight is 520 g/mol. The highest BCUT2D eigenvalue weighted by molar-refractivity contribution is 5.87. The molecular formula is C25H28O12. The molecule has 12 heteroatoms. The molecule has 0 bridgehead atoms. The van der Waals surface area contributed by atoms with Crippen LogP contribution in [0, 0.1) is 11.8 Å². The van der Waals surface area contributed by atoms with Gasteiger partial charge in [0, 0.05) is 12.0 Å². The second-order valence-electron chi connectivity index (χ2n) is 8.89. The molecule has 0 radical (unpaired) electrons. The summed E-state index contributed by atoms with van der Waals surface area (Å²) < 4.78 is 21.9. The van der Waals surface area contributed by atoms with Gasteiger partial charge in [0.15, 0.2) is 6.29 Å². The Balaban J connectivity index is 1.40. The van der Waals surface area contributed by atoms with E-state index in [0.29, 0.717) is 17.6 Å². The molecule has 8 atom stereocenters. The number of carbonyl (C=O) groups excluding carboxylic acids is 1. The number of rotatable bonds is 8. The first kappa shape index (κ1) is 26.8. The standard InChI is InChI=1S/C25H28O12/c26-9-13-4-7-15-16(23(32)33)10-35-24(19(13)15)37-25-22(31)21(30)20(29)17(36-25)11-34-18(28)8-3-12-1-5-14(27)6-2-12/h1-6,8,10,15,17,19-22,24-27,29-31H,7,9,11H2,(H,32,33)/b8-3+/t15-,17+,19-,20+,21-,22+,24-,25-/m0/s1. The Labute approximate surface area is 211 Å². The van der Waals surface area contributed by atoms with E-state index in [1.165, 1.54) is 18.2 Å². The van der Waals surface area contributed by atoms with Gasteiger partial charge in [-0.15, -0.1) is 0 Å². The number of hydrogen-bond acceptors (Lipinski definition) is 11. The fourth-order valence-corrected chi connectivity index (χ4v) is 4.57. The summed E-state index contributed by atoms with van der Waals surface area (Å²) >= 11 is 0. The van der Waals surface area contributed by atoms with Crippen LogP contribution in [0.1, 0.15) is 12.0 Å². The van der Waals surface area contributed by atoms with Crippen LogP contribution in [0.4, 0.5) is 0 Å². The minimum absolute atomic E-state index is 0.00951. The summed E-state index contributed by atoms with van der Waals surface area (Å²) in [5.74, 6) is -3.08. The van der Waals surface area contributed by atoms with Gasteiger partial charge in [0.05, 0.1) is 24.4 Å². The van der Waals surface area contributed by atoms with Crippen molar-refractivity contribution in [2.45, 2.75) is 43.4 Å².